The molecule has 2 aromatic rings. The van der Waals surface area contributed by atoms with Gasteiger partial charge in [-0.1, -0.05) is 23.7 Å². The standard InChI is InChI=1S/C16H19BrClN5O3/c1-23(2)9-5-8-19-16(25)26-15-12(17)13(21-22-15)20-14(24)10-6-3-4-7-11(10)18/h3-4,6-7H,5,8-9H2,1-2H3,(H,19,25)(H2,20,21,22,24). The Morgan fingerprint density at radius 3 is 2.77 bits per heavy atom. The number of amides is 2. The topological polar surface area (TPSA) is 99.3 Å². The maximum atomic E-state index is 12.3. The van der Waals surface area contributed by atoms with Gasteiger partial charge in [-0.2, -0.15) is 0 Å². The Morgan fingerprint density at radius 1 is 1.35 bits per heavy atom. The fraction of sp³-hybridized carbons (Fsp3) is 0.312. The lowest BCUT2D eigenvalue weighted by atomic mass is 10.2. The summed E-state index contributed by atoms with van der Waals surface area (Å²) < 4.78 is 5.43. The minimum atomic E-state index is -0.625. The third-order valence-electron chi connectivity index (χ3n) is 3.27. The van der Waals surface area contributed by atoms with E-state index in [0.29, 0.717) is 21.6 Å². The molecule has 1 aromatic carbocycles. The van der Waals surface area contributed by atoms with Gasteiger partial charge in [0.05, 0.1) is 10.6 Å². The number of benzene rings is 1. The maximum absolute atomic E-state index is 12.3. The lowest BCUT2D eigenvalue weighted by Crippen LogP contribution is -2.29. The molecule has 0 aliphatic carbocycles. The summed E-state index contributed by atoms with van der Waals surface area (Å²) in [5.41, 5.74) is 0.316. The molecule has 0 aliphatic rings. The summed E-state index contributed by atoms with van der Waals surface area (Å²) in [5, 5.41) is 12.0. The molecule has 0 fully saturated rings. The zero-order valence-electron chi connectivity index (χ0n) is 14.3. The van der Waals surface area contributed by atoms with Gasteiger partial charge in [-0.25, -0.2) is 4.79 Å². The van der Waals surface area contributed by atoms with Crippen LogP contribution < -0.4 is 15.4 Å². The summed E-state index contributed by atoms with van der Waals surface area (Å²) in [6.07, 6.45) is 0.170. The van der Waals surface area contributed by atoms with Crippen molar-refractivity contribution in [1.82, 2.24) is 20.4 Å². The minimum absolute atomic E-state index is 0.0181. The first-order valence-corrected chi connectivity index (χ1v) is 8.95. The maximum Gasteiger partial charge on any atom is 0.414 e. The van der Waals surface area contributed by atoms with E-state index in [2.05, 4.69) is 36.8 Å². The SMILES string of the molecule is CN(C)CCCNC(=O)Oc1n[nH]c(NC(=O)c2ccccc2Cl)c1Br. The average molecular weight is 445 g/mol. The van der Waals surface area contributed by atoms with Gasteiger partial charge in [0.15, 0.2) is 0 Å². The predicted octanol–water partition coefficient (Wildman–Crippen LogP) is 3.12. The first-order valence-electron chi connectivity index (χ1n) is 7.78. The van der Waals surface area contributed by atoms with Crippen molar-refractivity contribution in [2.24, 2.45) is 0 Å². The number of aromatic amines is 1. The van der Waals surface area contributed by atoms with Gasteiger partial charge in [0, 0.05) is 6.54 Å². The molecule has 26 heavy (non-hydrogen) atoms. The zero-order chi connectivity index (χ0) is 19.1. The number of nitrogens with one attached hydrogen (secondary N) is 3. The van der Waals surface area contributed by atoms with E-state index >= 15 is 0 Å². The third kappa shape index (κ3) is 5.72. The Hall–Kier alpha value is -2.10. The van der Waals surface area contributed by atoms with Crippen LogP contribution in [0, 0.1) is 0 Å². The molecule has 3 N–H and O–H groups in total. The van der Waals surface area contributed by atoms with Crippen LogP contribution in [0.4, 0.5) is 10.6 Å². The quantitative estimate of drug-likeness (QED) is 0.570. The molecule has 10 heteroatoms. The van der Waals surface area contributed by atoms with Gasteiger partial charge in [0.1, 0.15) is 10.3 Å². The van der Waals surface area contributed by atoms with Crippen LogP contribution in [-0.2, 0) is 0 Å². The van der Waals surface area contributed by atoms with E-state index in [1.54, 1.807) is 24.3 Å². The highest BCUT2D eigenvalue weighted by atomic mass is 79.9. The van der Waals surface area contributed by atoms with Gasteiger partial charge >= 0.3 is 6.09 Å². The number of H-pyrrole nitrogens is 1. The van der Waals surface area contributed by atoms with Crippen LogP contribution in [0.5, 0.6) is 5.88 Å². The number of halogens is 2. The van der Waals surface area contributed by atoms with Gasteiger partial charge in [0.2, 0.25) is 0 Å². The van der Waals surface area contributed by atoms with Gasteiger partial charge < -0.3 is 20.3 Å². The Balaban J connectivity index is 1.92. The van der Waals surface area contributed by atoms with Crippen molar-refractivity contribution in [3.05, 3.63) is 39.3 Å². The molecule has 0 bridgehead atoms. The first kappa shape index (κ1) is 20.2. The first-order chi connectivity index (χ1) is 12.4. The summed E-state index contributed by atoms with van der Waals surface area (Å²) in [6.45, 7) is 1.33. The number of aromatic nitrogens is 2. The Morgan fingerprint density at radius 2 is 2.08 bits per heavy atom. The molecule has 0 spiro atoms. The molecular formula is C16H19BrClN5O3. The molecule has 2 amide bonds. The van der Waals surface area contributed by atoms with E-state index in [1.807, 2.05) is 19.0 Å². The van der Waals surface area contributed by atoms with Gasteiger partial charge in [-0.3, -0.25) is 9.89 Å². The minimum Gasteiger partial charge on any atom is -0.388 e. The number of rotatable bonds is 7. The second-order valence-corrected chi connectivity index (χ2v) is 6.83. The normalized spacial score (nSPS) is 10.7. The number of anilines is 1. The molecule has 0 saturated heterocycles. The molecule has 2 rings (SSSR count). The van der Waals surface area contributed by atoms with Crippen LogP contribution >= 0.6 is 27.5 Å². The van der Waals surface area contributed by atoms with Gasteiger partial charge in [-0.05, 0) is 55.1 Å². The molecule has 8 nitrogen and oxygen atoms in total. The van der Waals surface area contributed by atoms with Crippen molar-refractivity contribution in [3.63, 3.8) is 0 Å². The number of hydrogen-bond acceptors (Lipinski definition) is 5. The molecule has 1 aromatic heterocycles. The summed E-state index contributed by atoms with van der Waals surface area (Å²) in [6, 6.07) is 6.65. The van der Waals surface area contributed by atoms with E-state index in [1.165, 1.54) is 0 Å². The van der Waals surface area contributed by atoms with Crippen molar-refractivity contribution < 1.29 is 14.3 Å². The second kappa shape index (κ2) is 9.56. The van der Waals surface area contributed by atoms with Crippen molar-refractivity contribution >= 4 is 45.3 Å². The summed E-state index contributed by atoms with van der Waals surface area (Å²) in [4.78, 5) is 26.1. The fourth-order valence-electron chi connectivity index (χ4n) is 2.00. The average Bonchev–Trinajstić information content (AvgIpc) is 2.92. The zero-order valence-corrected chi connectivity index (χ0v) is 16.6. The molecule has 0 unspecified atom stereocenters. The van der Waals surface area contributed by atoms with Crippen LogP contribution in [0.3, 0.4) is 0 Å². The Labute approximate surface area is 164 Å². The predicted molar refractivity (Wildman–Crippen MR) is 103 cm³/mol. The highest BCUT2D eigenvalue weighted by Crippen LogP contribution is 2.30. The van der Waals surface area contributed by atoms with E-state index in [-0.39, 0.29) is 11.7 Å². The third-order valence-corrected chi connectivity index (χ3v) is 4.34. The molecular weight excluding hydrogens is 426 g/mol. The van der Waals surface area contributed by atoms with Crippen LogP contribution in [0.2, 0.25) is 5.02 Å². The van der Waals surface area contributed by atoms with Crippen molar-refractivity contribution in [2.45, 2.75) is 6.42 Å². The van der Waals surface area contributed by atoms with Crippen molar-refractivity contribution in [1.29, 1.82) is 0 Å². The molecule has 0 radical (unpaired) electrons. The molecule has 0 atom stereocenters. The molecule has 140 valence electrons. The number of carbonyl (C=O) groups is 2. The highest BCUT2D eigenvalue weighted by molar-refractivity contribution is 9.10. The fourth-order valence-corrected chi connectivity index (χ4v) is 2.58. The number of ether oxygens (including phenoxy) is 1. The number of nitrogens with zero attached hydrogens (tertiary/aromatic N) is 2. The van der Waals surface area contributed by atoms with Crippen LogP contribution in [0.25, 0.3) is 0 Å². The molecule has 0 saturated carbocycles. The summed E-state index contributed by atoms with van der Waals surface area (Å²) >= 11 is 9.25. The Bertz CT molecular complexity index is 781. The number of hydrogen-bond donors (Lipinski definition) is 3. The monoisotopic (exact) mass is 443 g/mol. The Kier molecular flexibility index (Phi) is 7.43. The van der Waals surface area contributed by atoms with Crippen LogP contribution in [0.1, 0.15) is 16.8 Å². The van der Waals surface area contributed by atoms with E-state index < -0.39 is 12.0 Å². The molecule has 0 aliphatic heterocycles. The van der Waals surface area contributed by atoms with E-state index in [9.17, 15) is 9.59 Å². The lowest BCUT2D eigenvalue weighted by Gasteiger charge is -2.09. The summed E-state index contributed by atoms with van der Waals surface area (Å²) in [7, 11) is 3.91. The largest absolute Gasteiger partial charge is 0.414 e. The van der Waals surface area contributed by atoms with Gasteiger partial charge in [-0.15, -0.1) is 5.10 Å². The van der Waals surface area contributed by atoms with Crippen LogP contribution in [-0.4, -0.2) is 54.3 Å². The number of carbonyl (C=O) groups excluding carboxylic acids is 2. The molecule has 1 heterocycles. The second-order valence-electron chi connectivity index (χ2n) is 5.62. The smallest absolute Gasteiger partial charge is 0.388 e. The van der Waals surface area contributed by atoms with Crippen molar-refractivity contribution in [3.8, 4) is 5.88 Å². The van der Waals surface area contributed by atoms with E-state index in [4.69, 9.17) is 16.3 Å². The summed E-state index contributed by atoms with van der Waals surface area (Å²) in [5.74, 6) is -0.144. The van der Waals surface area contributed by atoms with Crippen LogP contribution in [0.15, 0.2) is 28.7 Å². The lowest BCUT2D eigenvalue weighted by molar-refractivity contribution is 0.102. The van der Waals surface area contributed by atoms with Gasteiger partial charge in [0.25, 0.3) is 11.8 Å². The van der Waals surface area contributed by atoms with E-state index in [0.717, 1.165) is 13.0 Å². The van der Waals surface area contributed by atoms with Crippen molar-refractivity contribution in [2.75, 3.05) is 32.5 Å². The highest BCUT2D eigenvalue weighted by Gasteiger charge is 2.18.